The molecule has 2 heteroatoms. The second-order valence-electron chi connectivity index (χ2n) is 5.21. The van der Waals surface area contributed by atoms with E-state index in [1.54, 1.807) is 0 Å². The number of rotatable bonds is 3. The number of hydrogen-bond donors (Lipinski definition) is 0. The molecule has 0 aliphatic carbocycles. The predicted molar refractivity (Wildman–Crippen MR) is 71.7 cm³/mol. The van der Waals surface area contributed by atoms with E-state index in [0.29, 0.717) is 6.04 Å². The Bertz CT molecular complexity index is 375. The van der Waals surface area contributed by atoms with Crippen molar-refractivity contribution in [3.63, 3.8) is 0 Å². The summed E-state index contributed by atoms with van der Waals surface area (Å²) in [6, 6.07) is 6.99. The zero-order chi connectivity index (χ0) is 12.3. The molecular weight excluding hydrogens is 210 g/mol. The lowest BCUT2D eigenvalue weighted by Crippen LogP contribution is -2.40. The molecule has 1 saturated heterocycles. The van der Waals surface area contributed by atoms with Gasteiger partial charge in [-0.25, -0.2) is 0 Å². The Labute approximate surface area is 105 Å². The standard InChI is InChI=1S/C15H23NO/c1-12-7-8-13(2)15(10-12)17-11-14-6-4-5-9-16(14)3/h7-8,10,14H,4-6,9,11H2,1-3H3. The van der Waals surface area contributed by atoms with Crippen LogP contribution in [0.3, 0.4) is 0 Å². The third-order valence-corrected chi connectivity index (χ3v) is 3.70. The highest BCUT2D eigenvalue weighted by atomic mass is 16.5. The van der Waals surface area contributed by atoms with E-state index in [2.05, 4.69) is 44.0 Å². The lowest BCUT2D eigenvalue weighted by atomic mass is 10.0. The maximum atomic E-state index is 5.99. The summed E-state index contributed by atoms with van der Waals surface area (Å²) in [5.74, 6) is 1.05. The molecular formula is C15H23NO. The van der Waals surface area contributed by atoms with Crippen LogP contribution in [0.25, 0.3) is 0 Å². The van der Waals surface area contributed by atoms with Crippen LogP contribution < -0.4 is 4.74 Å². The van der Waals surface area contributed by atoms with Gasteiger partial charge in [-0.05, 0) is 57.5 Å². The summed E-state index contributed by atoms with van der Waals surface area (Å²) in [4.78, 5) is 2.43. The fourth-order valence-electron chi connectivity index (χ4n) is 2.40. The number of likely N-dealkylation sites (tertiary alicyclic amines) is 1. The number of nitrogens with zero attached hydrogens (tertiary/aromatic N) is 1. The van der Waals surface area contributed by atoms with Crippen molar-refractivity contribution in [2.24, 2.45) is 0 Å². The molecule has 1 atom stereocenters. The van der Waals surface area contributed by atoms with Crippen LogP contribution in [0.5, 0.6) is 5.75 Å². The zero-order valence-electron chi connectivity index (χ0n) is 11.2. The molecule has 1 aliphatic heterocycles. The monoisotopic (exact) mass is 233 g/mol. The second-order valence-corrected chi connectivity index (χ2v) is 5.21. The number of piperidine rings is 1. The fourth-order valence-corrected chi connectivity index (χ4v) is 2.40. The van der Waals surface area contributed by atoms with Gasteiger partial charge >= 0.3 is 0 Å². The van der Waals surface area contributed by atoms with Crippen LogP contribution in [0.15, 0.2) is 18.2 Å². The van der Waals surface area contributed by atoms with Crippen molar-refractivity contribution in [3.05, 3.63) is 29.3 Å². The Morgan fingerprint density at radius 2 is 2.12 bits per heavy atom. The molecule has 0 amide bonds. The number of hydrogen-bond acceptors (Lipinski definition) is 2. The van der Waals surface area contributed by atoms with Gasteiger partial charge in [0.05, 0.1) is 0 Å². The Morgan fingerprint density at radius 1 is 1.29 bits per heavy atom. The Morgan fingerprint density at radius 3 is 2.88 bits per heavy atom. The lowest BCUT2D eigenvalue weighted by Gasteiger charge is -2.32. The average molecular weight is 233 g/mol. The molecule has 0 N–H and O–H groups in total. The van der Waals surface area contributed by atoms with Crippen LogP contribution in [0.2, 0.25) is 0 Å². The zero-order valence-corrected chi connectivity index (χ0v) is 11.2. The molecule has 0 bridgehead atoms. The molecule has 0 spiro atoms. The Hall–Kier alpha value is -1.02. The van der Waals surface area contributed by atoms with Gasteiger partial charge in [-0.3, -0.25) is 0 Å². The van der Waals surface area contributed by atoms with E-state index in [4.69, 9.17) is 4.74 Å². The highest BCUT2D eigenvalue weighted by Gasteiger charge is 2.19. The highest BCUT2D eigenvalue weighted by Crippen LogP contribution is 2.21. The molecule has 1 heterocycles. The van der Waals surface area contributed by atoms with Crippen molar-refractivity contribution >= 4 is 0 Å². The molecule has 17 heavy (non-hydrogen) atoms. The summed E-state index contributed by atoms with van der Waals surface area (Å²) in [5, 5.41) is 0. The molecule has 1 aromatic rings. The van der Waals surface area contributed by atoms with Gasteiger partial charge in [-0.15, -0.1) is 0 Å². The van der Waals surface area contributed by atoms with Crippen molar-refractivity contribution in [1.29, 1.82) is 0 Å². The van der Waals surface area contributed by atoms with Crippen molar-refractivity contribution in [2.45, 2.75) is 39.2 Å². The predicted octanol–water partition coefficient (Wildman–Crippen LogP) is 3.17. The summed E-state index contributed by atoms with van der Waals surface area (Å²) >= 11 is 0. The summed E-state index contributed by atoms with van der Waals surface area (Å²) in [6.45, 7) is 6.25. The second kappa shape index (κ2) is 5.54. The van der Waals surface area contributed by atoms with Gasteiger partial charge in [-0.1, -0.05) is 18.6 Å². The van der Waals surface area contributed by atoms with Gasteiger partial charge in [-0.2, -0.15) is 0 Å². The molecule has 1 aromatic carbocycles. The molecule has 94 valence electrons. The molecule has 0 aromatic heterocycles. The van der Waals surface area contributed by atoms with Crippen molar-refractivity contribution < 1.29 is 4.74 Å². The molecule has 0 saturated carbocycles. The molecule has 0 radical (unpaired) electrons. The largest absolute Gasteiger partial charge is 0.492 e. The van der Waals surface area contributed by atoms with Crippen LogP contribution in [0.1, 0.15) is 30.4 Å². The molecule has 2 nitrogen and oxygen atoms in total. The maximum Gasteiger partial charge on any atom is 0.122 e. The summed E-state index contributed by atoms with van der Waals surface area (Å²) in [5.41, 5.74) is 2.50. The Balaban J connectivity index is 1.94. The first kappa shape index (κ1) is 12.4. The SMILES string of the molecule is Cc1ccc(C)c(OCC2CCCCN2C)c1. The van der Waals surface area contributed by atoms with Crippen molar-refractivity contribution in [1.82, 2.24) is 4.90 Å². The van der Waals surface area contributed by atoms with E-state index >= 15 is 0 Å². The smallest absolute Gasteiger partial charge is 0.122 e. The van der Waals surface area contributed by atoms with Gasteiger partial charge in [0, 0.05) is 6.04 Å². The number of aryl methyl sites for hydroxylation is 2. The fraction of sp³-hybridized carbons (Fsp3) is 0.600. The lowest BCUT2D eigenvalue weighted by molar-refractivity contribution is 0.124. The van der Waals surface area contributed by atoms with E-state index in [1.165, 1.54) is 36.9 Å². The summed E-state index contributed by atoms with van der Waals surface area (Å²) in [7, 11) is 2.20. The van der Waals surface area contributed by atoms with E-state index < -0.39 is 0 Å². The summed E-state index contributed by atoms with van der Waals surface area (Å²) in [6.07, 6.45) is 3.93. The first-order valence-electron chi connectivity index (χ1n) is 6.57. The third-order valence-electron chi connectivity index (χ3n) is 3.70. The highest BCUT2D eigenvalue weighted by molar-refractivity contribution is 5.35. The van der Waals surface area contributed by atoms with E-state index in [0.717, 1.165) is 12.4 Å². The molecule has 1 unspecified atom stereocenters. The number of ether oxygens (including phenoxy) is 1. The van der Waals surface area contributed by atoms with Gasteiger partial charge in [0.15, 0.2) is 0 Å². The van der Waals surface area contributed by atoms with Crippen molar-refractivity contribution in [3.8, 4) is 5.75 Å². The first-order chi connectivity index (χ1) is 8.16. The summed E-state index contributed by atoms with van der Waals surface area (Å²) < 4.78 is 5.99. The number of benzene rings is 1. The van der Waals surface area contributed by atoms with Crippen LogP contribution in [-0.4, -0.2) is 31.1 Å². The van der Waals surface area contributed by atoms with Crippen LogP contribution in [0.4, 0.5) is 0 Å². The molecule has 1 aliphatic rings. The third kappa shape index (κ3) is 3.22. The Kier molecular flexibility index (Phi) is 4.06. The minimum atomic E-state index is 0.587. The normalized spacial score (nSPS) is 21.5. The maximum absolute atomic E-state index is 5.99. The minimum Gasteiger partial charge on any atom is -0.492 e. The first-order valence-corrected chi connectivity index (χ1v) is 6.57. The van der Waals surface area contributed by atoms with Gasteiger partial charge < -0.3 is 9.64 Å². The average Bonchev–Trinajstić information content (AvgIpc) is 2.32. The van der Waals surface area contributed by atoms with E-state index in [-0.39, 0.29) is 0 Å². The topological polar surface area (TPSA) is 12.5 Å². The number of likely N-dealkylation sites (N-methyl/N-ethyl adjacent to an activating group) is 1. The minimum absolute atomic E-state index is 0.587. The van der Waals surface area contributed by atoms with Crippen LogP contribution in [-0.2, 0) is 0 Å². The van der Waals surface area contributed by atoms with E-state index in [9.17, 15) is 0 Å². The van der Waals surface area contributed by atoms with Gasteiger partial charge in [0.2, 0.25) is 0 Å². The van der Waals surface area contributed by atoms with Crippen molar-refractivity contribution in [2.75, 3.05) is 20.2 Å². The molecule has 1 fully saturated rings. The van der Waals surface area contributed by atoms with E-state index in [1.807, 2.05) is 0 Å². The quantitative estimate of drug-likeness (QED) is 0.795. The van der Waals surface area contributed by atoms with Gasteiger partial charge in [0.1, 0.15) is 12.4 Å². The van der Waals surface area contributed by atoms with Crippen LogP contribution >= 0.6 is 0 Å². The molecule has 2 rings (SSSR count). The van der Waals surface area contributed by atoms with Crippen LogP contribution in [0, 0.1) is 13.8 Å². The van der Waals surface area contributed by atoms with Gasteiger partial charge in [0.25, 0.3) is 0 Å².